The molecule has 0 radical (unpaired) electrons. The standard InChI is InChI=1S/C16H14N4S/c1-3-7-14(8-4-1)11-18-20-13-17-19-16(20)21-12-15-9-5-2-6-10-15/h1-11,13H,12H2/b18-11+. The van der Waals surface area contributed by atoms with E-state index in [1.54, 1.807) is 29.0 Å². The van der Waals surface area contributed by atoms with Crippen LogP contribution in [0.25, 0.3) is 0 Å². The molecule has 3 rings (SSSR count). The van der Waals surface area contributed by atoms with Crippen molar-refractivity contribution >= 4 is 18.0 Å². The summed E-state index contributed by atoms with van der Waals surface area (Å²) in [5, 5.41) is 13.2. The van der Waals surface area contributed by atoms with Crippen molar-refractivity contribution in [3.8, 4) is 0 Å². The summed E-state index contributed by atoms with van der Waals surface area (Å²) in [7, 11) is 0. The zero-order valence-electron chi connectivity index (χ0n) is 11.3. The average Bonchev–Trinajstić information content (AvgIpc) is 3.00. The second-order valence-electron chi connectivity index (χ2n) is 4.39. The second kappa shape index (κ2) is 6.85. The van der Waals surface area contributed by atoms with Crippen LogP contribution in [0.5, 0.6) is 0 Å². The molecule has 0 atom stereocenters. The monoisotopic (exact) mass is 294 g/mol. The van der Waals surface area contributed by atoms with E-state index >= 15 is 0 Å². The third-order valence-corrected chi connectivity index (χ3v) is 3.85. The van der Waals surface area contributed by atoms with Crippen molar-refractivity contribution in [1.82, 2.24) is 14.9 Å². The number of hydrogen-bond donors (Lipinski definition) is 0. The Hall–Kier alpha value is -2.40. The molecule has 0 saturated heterocycles. The van der Waals surface area contributed by atoms with Gasteiger partial charge in [0, 0.05) is 5.75 Å². The molecule has 0 aliphatic heterocycles. The van der Waals surface area contributed by atoms with Crippen LogP contribution in [0.15, 0.2) is 77.2 Å². The summed E-state index contributed by atoms with van der Waals surface area (Å²) in [6, 6.07) is 20.2. The van der Waals surface area contributed by atoms with Crippen LogP contribution < -0.4 is 0 Å². The van der Waals surface area contributed by atoms with Gasteiger partial charge in [-0.15, -0.1) is 10.2 Å². The highest BCUT2D eigenvalue weighted by Crippen LogP contribution is 2.20. The molecule has 1 heterocycles. The Balaban J connectivity index is 1.68. The van der Waals surface area contributed by atoms with Gasteiger partial charge in [-0.25, -0.2) is 0 Å². The number of aromatic nitrogens is 3. The molecule has 21 heavy (non-hydrogen) atoms. The van der Waals surface area contributed by atoms with Crippen molar-refractivity contribution in [2.24, 2.45) is 5.10 Å². The number of thioether (sulfide) groups is 1. The molecule has 0 bridgehead atoms. The van der Waals surface area contributed by atoms with Gasteiger partial charge in [-0.2, -0.15) is 9.78 Å². The maximum atomic E-state index is 4.39. The summed E-state index contributed by atoms with van der Waals surface area (Å²) < 4.78 is 1.70. The fourth-order valence-electron chi connectivity index (χ4n) is 1.78. The third-order valence-electron chi connectivity index (χ3n) is 2.84. The fraction of sp³-hybridized carbons (Fsp3) is 0.0625. The van der Waals surface area contributed by atoms with Gasteiger partial charge in [0.15, 0.2) is 0 Å². The highest BCUT2D eigenvalue weighted by molar-refractivity contribution is 7.98. The van der Waals surface area contributed by atoms with Gasteiger partial charge in [0.25, 0.3) is 0 Å². The molecule has 1 aromatic heterocycles. The van der Waals surface area contributed by atoms with Crippen molar-refractivity contribution in [1.29, 1.82) is 0 Å². The Labute approximate surface area is 127 Å². The lowest BCUT2D eigenvalue weighted by molar-refractivity contribution is 0.767. The van der Waals surface area contributed by atoms with Crippen LogP contribution in [0.3, 0.4) is 0 Å². The topological polar surface area (TPSA) is 43.1 Å². The Bertz CT molecular complexity index is 707. The summed E-state index contributed by atoms with van der Waals surface area (Å²) in [5.74, 6) is 0.848. The Kier molecular flexibility index (Phi) is 4.43. The lowest BCUT2D eigenvalue weighted by atomic mass is 10.2. The van der Waals surface area contributed by atoms with E-state index in [-0.39, 0.29) is 0 Å². The van der Waals surface area contributed by atoms with Crippen molar-refractivity contribution in [2.45, 2.75) is 10.9 Å². The van der Waals surface area contributed by atoms with Crippen molar-refractivity contribution < 1.29 is 0 Å². The van der Waals surface area contributed by atoms with Gasteiger partial charge in [-0.05, 0) is 11.1 Å². The maximum absolute atomic E-state index is 4.39. The zero-order valence-corrected chi connectivity index (χ0v) is 12.1. The summed E-state index contributed by atoms with van der Waals surface area (Å²) in [5.41, 5.74) is 2.30. The van der Waals surface area contributed by atoms with Crippen molar-refractivity contribution in [3.63, 3.8) is 0 Å². The smallest absolute Gasteiger partial charge is 0.195 e. The van der Waals surface area contributed by atoms with Crippen molar-refractivity contribution in [2.75, 3.05) is 0 Å². The Morgan fingerprint density at radius 3 is 2.48 bits per heavy atom. The zero-order chi connectivity index (χ0) is 14.3. The first-order valence-electron chi connectivity index (χ1n) is 6.58. The lowest BCUT2D eigenvalue weighted by Gasteiger charge is -2.01. The highest BCUT2D eigenvalue weighted by Gasteiger charge is 2.04. The maximum Gasteiger partial charge on any atom is 0.212 e. The summed E-state index contributed by atoms with van der Waals surface area (Å²) in [4.78, 5) is 0. The van der Waals surface area contributed by atoms with Gasteiger partial charge in [0.2, 0.25) is 5.16 Å². The van der Waals surface area contributed by atoms with Crippen LogP contribution in [0.2, 0.25) is 0 Å². The molecular weight excluding hydrogens is 280 g/mol. The summed E-state index contributed by atoms with van der Waals surface area (Å²) in [6.07, 6.45) is 3.42. The molecule has 0 unspecified atom stereocenters. The molecule has 0 N–H and O–H groups in total. The average molecular weight is 294 g/mol. The minimum Gasteiger partial charge on any atom is -0.195 e. The molecule has 0 spiro atoms. The normalized spacial score (nSPS) is 11.0. The predicted molar refractivity (Wildman–Crippen MR) is 85.5 cm³/mol. The first-order chi connectivity index (χ1) is 10.4. The molecule has 104 valence electrons. The SMILES string of the molecule is C(=N\n1cnnc1SCc1ccccc1)/c1ccccc1. The molecule has 0 fully saturated rings. The minimum atomic E-state index is 0.783. The molecule has 0 aliphatic carbocycles. The third kappa shape index (κ3) is 3.79. The van der Waals surface area contributed by atoms with Crippen LogP contribution in [0, 0.1) is 0 Å². The Morgan fingerprint density at radius 1 is 1.00 bits per heavy atom. The largest absolute Gasteiger partial charge is 0.212 e. The predicted octanol–water partition coefficient (Wildman–Crippen LogP) is 3.45. The summed E-state index contributed by atoms with van der Waals surface area (Å²) in [6.45, 7) is 0. The highest BCUT2D eigenvalue weighted by atomic mass is 32.2. The van der Waals surface area contributed by atoms with E-state index in [9.17, 15) is 0 Å². The van der Waals surface area contributed by atoms with Gasteiger partial charge in [0.05, 0.1) is 6.21 Å². The molecule has 5 heteroatoms. The van der Waals surface area contributed by atoms with E-state index in [0.717, 1.165) is 16.5 Å². The van der Waals surface area contributed by atoms with E-state index in [4.69, 9.17) is 0 Å². The van der Waals surface area contributed by atoms with Crippen molar-refractivity contribution in [3.05, 3.63) is 78.1 Å². The van der Waals surface area contributed by atoms with E-state index in [1.807, 2.05) is 48.5 Å². The van der Waals surface area contributed by atoms with E-state index in [1.165, 1.54) is 5.56 Å². The van der Waals surface area contributed by atoms with E-state index in [2.05, 4.69) is 27.4 Å². The van der Waals surface area contributed by atoms with E-state index in [0.29, 0.717) is 0 Å². The molecular formula is C16H14N4S. The molecule has 3 aromatic rings. The quantitative estimate of drug-likeness (QED) is 0.534. The Morgan fingerprint density at radius 2 is 1.71 bits per heavy atom. The van der Waals surface area contributed by atoms with Crippen LogP contribution in [-0.4, -0.2) is 21.1 Å². The molecule has 4 nitrogen and oxygen atoms in total. The number of benzene rings is 2. The molecule has 2 aromatic carbocycles. The number of hydrogen-bond acceptors (Lipinski definition) is 4. The molecule has 0 saturated carbocycles. The lowest BCUT2D eigenvalue weighted by Crippen LogP contribution is -1.92. The van der Waals surface area contributed by atoms with Gasteiger partial charge >= 0.3 is 0 Å². The first kappa shape index (κ1) is 13.6. The van der Waals surface area contributed by atoms with Gasteiger partial charge in [-0.1, -0.05) is 72.4 Å². The van der Waals surface area contributed by atoms with Gasteiger partial charge in [0.1, 0.15) is 6.33 Å². The molecule has 0 amide bonds. The fourth-order valence-corrected chi connectivity index (χ4v) is 2.60. The van der Waals surface area contributed by atoms with Crippen LogP contribution in [0.1, 0.15) is 11.1 Å². The number of rotatable bonds is 5. The second-order valence-corrected chi connectivity index (χ2v) is 5.33. The number of nitrogens with zero attached hydrogens (tertiary/aromatic N) is 4. The van der Waals surface area contributed by atoms with Crippen LogP contribution in [0.4, 0.5) is 0 Å². The van der Waals surface area contributed by atoms with Gasteiger partial charge < -0.3 is 0 Å². The first-order valence-corrected chi connectivity index (χ1v) is 7.56. The minimum absolute atomic E-state index is 0.783. The van der Waals surface area contributed by atoms with Crippen LogP contribution >= 0.6 is 11.8 Å². The van der Waals surface area contributed by atoms with Gasteiger partial charge in [-0.3, -0.25) is 0 Å². The summed E-state index contributed by atoms with van der Waals surface area (Å²) >= 11 is 1.62. The molecule has 0 aliphatic rings. The van der Waals surface area contributed by atoms with E-state index < -0.39 is 0 Å². The van der Waals surface area contributed by atoms with Crippen LogP contribution in [-0.2, 0) is 5.75 Å².